The molecule has 0 aromatic heterocycles. The molecule has 1 amide bonds. The lowest BCUT2D eigenvalue weighted by atomic mass is 9.99. The number of carboxylic acid groups (broad SMARTS) is 1. The molecular weight excluding hydrogens is 254 g/mol. The third-order valence-corrected chi connectivity index (χ3v) is 3.83. The van der Waals surface area contributed by atoms with E-state index < -0.39 is 6.09 Å². The molecule has 0 radical (unpaired) electrons. The van der Waals surface area contributed by atoms with Gasteiger partial charge in [-0.05, 0) is 43.5 Å². The molecule has 0 unspecified atom stereocenters. The highest BCUT2D eigenvalue weighted by Crippen LogP contribution is 2.26. The van der Waals surface area contributed by atoms with Crippen molar-refractivity contribution in [1.82, 2.24) is 5.32 Å². The second kappa shape index (κ2) is 4.30. The first-order valence-electron chi connectivity index (χ1n) is 6.44. The first-order valence-corrected chi connectivity index (χ1v) is 6.44. The van der Waals surface area contributed by atoms with E-state index >= 15 is 0 Å². The van der Waals surface area contributed by atoms with E-state index in [0.717, 1.165) is 44.4 Å². The molecule has 1 aromatic rings. The summed E-state index contributed by atoms with van der Waals surface area (Å²) in [5.41, 5.74) is 5.16. The average molecular weight is 269 g/mol. The lowest BCUT2D eigenvalue weighted by Gasteiger charge is -2.08. The van der Waals surface area contributed by atoms with Crippen molar-refractivity contribution in [2.24, 2.45) is 9.98 Å². The molecule has 2 aliphatic heterocycles. The van der Waals surface area contributed by atoms with Gasteiger partial charge in [-0.15, -0.1) is 0 Å². The zero-order valence-corrected chi connectivity index (χ0v) is 11.6. The number of carbonyl (C=O) groups is 1. The van der Waals surface area contributed by atoms with E-state index in [4.69, 9.17) is 5.11 Å². The Morgan fingerprint density at radius 1 is 1.25 bits per heavy atom. The summed E-state index contributed by atoms with van der Waals surface area (Å²) in [5, 5.41) is 13.2. The van der Waals surface area contributed by atoms with Crippen LogP contribution in [0.25, 0.3) is 5.57 Å². The minimum atomic E-state index is -1.02. The van der Waals surface area contributed by atoms with Crippen LogP contribution in [-0.2, 0) is 6.54 Å². The molecule has 0 saturated carbocycles. The Bertz CT molecular complexity index is 816. The molecule has 0 atom stereocenters. The Labute approximate surface area is 116 Å². The molecule has 0 saturated heterocycles. The van der Waals surface area contributed by atoms with E-state index in [2.05, 4.69) is 15.3 Å². The highest BCUT2D eigenvalue weighted by molar-refractivity contribution is 6.26. The van der Waals surface area contributed by atoms with Crippen LogP contribution >= 0.6 is 0 Å². The van der Waals surface area contributed by atoms with Gasteiger partial charge >= 0.3 is 6.09 Å². The summed E-state index contributed by atoms with van der Waals surface area (Å²) in [5.74, 6) is 0.747. The first kappa shape index (κ1) is 12.6. The average Bonchev–Trinajstić information content (AvgIpc) is 2.86. The van der Waals surface area contributed by atoms with Crippen LogP contribution in [0.3, 0.4) is 0 Å². The number of rotatable bonds is 2. The van der Waals surface area contributed by atoms with Gasteiger partial charge in [0.15, 0.2) is 5.84 Å². The minimum absolute atomic E-state index is 0.281. The van der Waals surface area contributed by atoms with Gasteiger partial charge in [0.1, 0.15) is 0 Å². The zero-order chi connectivity index (χ0) is 14.4. The Hall–Kier alpha value is -2.43. The minimum Gasteiger partial charge on any atom is -0.465 e. The summed E-state index contributed by atoms with van der Waals surface area (Å²) in [4.78, 5) is 19.8. The number of amidine groups is 1. The molecule has 2 aliphatic rings. The number of hydrogen-bond donors (Lipinski definition) is 2. The Kier molecular flexibility index (Phi) is 2.71. The van der Waals surface area contributed by atoms with Crippen LogP contribution in [0.5, 0.6) is 0 Å². The Balaban J connectivity index is 2.28. The number of hydrogen-bond acceptors (Lipinski definition) is 3. The number of aryl methyl sites for hydroxylation is 1. The molecule has 3 rings (SSSR count). The van der Waals surface area contributed by atoms with Gasteiger partial charge in [-0.3, -0.25) is 0 Å². The van der Waals surface area contributed by atoms with Crippen molar-refractivity contribution < 1.29 is 9.90 Å². The van der Waals surface area contributed by atoms with Crippen molar-refractivity contribution in [1.29, 1.82) is 0 Å². The summed E-state index contributed by atoms with van der Waals surface area (Å²) in [6, 6.07) is 3.93. The highest BCUT2D eigenvalue weighted by Gasteiger charge is 2.24. The van der Waals surface area contributed by atoms with Crippen LogP contribution in [0.1, 0.15) is 25.0 Å². The fourth-order valence-electron chi connectivity index (χ4n) is 2.65. The molecule has 0 spiro atoms. The fraction of sp³-hybridized carbons (Fsp3) is 0.267. The van der Waals surface area contributed by atoms with Crippen LogP contribution in [0, 0.1) is 6.92 Å². The second-order valence-electron chi connectivity index (χ2n) is 5.05. The Morgan fingerprint density at radius 3 is 2.70 bits per heavy atom. The molecule has 2 N–H and O–H groups in total. The van der Waals surface area contributed by atoms with Crippen molar-refractivity contribution in [2.45, 2.75) is 27.3 Å². The normalized spacial score (nSPS) is 15.8. The van der Waals surface area contributed by atoms with Crippen LogP contribution in [0.2, 0.25) is 0 Å². The van der Waals surface area contributed by atoms with Gasteiger partial charge in [-0.2, -0.15) is 0 Å². The van der Waals surface area contributed by atoms with Gasteiger partial charge in [0.25, 0.3) is 0 Å². The third-order valence-electron chi connectivity index (χ3n) is 3.83. The van der Waals surface area contributed by atoms with Crippen molar-refractivity contribution in [2.75, 3.05) is 0 Å². The van der Waals surface area contributed by atoms with Gasteiger partial charge in [-0.25, -0.2) is 14.8 Å². The molecule has 5 heteroatoms. The number of amides is 1. The highest BCUT2D eigenvalue weighted by atomic mass is 16.4. The van der Waals surface area contributed by atoms with Crippen molar-refractivity contribution in [3.63, 3.8) is 0 Å². The van der Waals surface area contributed by atoms with E-state index in [-0.39, 0.29) is 6.54 Å². The van der Waals surface area contributed by atoms with Gasteiger partial charge in [0.2, 0.25) is 0 Å². The number of allylic oxidation sites excluding steroid dienone is 1. The summed E-state index contributed by atoms with van der Waals surface area (Å²) in [6.07, 6.45) is -1.02. The van der Waals surface area contributed by atoms with Gasteiger partial charge in [0.05, 0.1) is 5.36 Å². The fourth-order valence-corrected chi connectivity index (χ4v) is 2.65. The lowest BCUT2D eigenvalue weighted by Crippen LogP contribution is -2.33. The van der Waals surface area contributed by atoms with E-state index in [9.17, 15) is 4.79 Å². The quantitative estimate of drug-likeness (QED) is 0.848. The van der Waals surface area contributed by atoms with E-state index in [1.54, 1.807) is 0 Å². The monoisotopic (exact) mass is 269 g/mol. The molecule has 0 bridgehead atoms. The maximum atomic E-state index is 10.8. The van der Waals surface area contributed by atoms with Crippen LogP contribution < -0.4 is 15.9 Å². The standard InChI is InChI=1S/C15H15N3O2/c1-7-4-5-11-13(10(7)6-16-15(19)20)12-8(2)9(3)17-14(12)18-11/h4-5,16H,6H2,1-3H3,(H,19,20). The van der Waals surface area contributed by atoms with Crippen LogP contribution in [-0.4, -0.2) is 17.0 Å². The van der Waals surface area contributed by atoms with Crippen molar-refractivity contribution >= 4 is 17.5 Å². The van der Waals surface area contributed by atoms with Crippen LogP contribution in [0.15, 0.2) is 33.4 Å². The predicted octanol–water partition coefficient (Wildman–Crippen LogP) is 1.25. The van der Waals surface area contributed by atoms with E-state index in [1.165, 1.54) is 0 Å². The van der Waals surface area contributed by atoms with E-state index in [0.29, 0.717) is 0 Å². The number of aliphatic imine (C=N–C) groups is 1. The number of nitrogens with zero attached hydrogens (tertiary/aromatic N) is 2. The topological polar surface area (TPSA) is 74.0 Å². The van der Waals surface area contributed by atoms with Gasteiger partial charge in [0, 0.05) is 23.0 Å². The molecule has 0 aliphatic carbocycles. The Morgan fingerprint density at radius 2 is 2.00 bits per heavy atom. The van der Waals surface area contributed by atoms with Crippen molar-refractivity contribution in [3.8, 4) is 0 Å². The number of fused-ring (bicyclic) bond motifs is 2. The SMILES string of the molecule is CC1=C(C)C2=c3c(CNC(=O)O)c(C)ccc3=NC2=N1. The van der Waals surface area contributed by atoms with E-state index in [1.807, 2.05) is 32.9 Å². The smallest absolute Gasteiger partial charge is 0.404 e. The number of nitrogens with one attached hydrogen (secondary N) is 1. The second-order valence-corrected chi connectivity index (χ2v) is 5.05. The van der Waals surface area contributed by atoms with Gasteiger partial charge < -0.3 is 10.4 Å². The number of benzene rings is 1. The first-order chi connectivity index (χ1) is 9.49. The molecule has 102 valence electrons. The molecule has 0 fully saturated rings. The molecule has 2 heterocycles. The predicted molar refractivity (Wildman–Crippen MR) is 76.0 cm³/mol. The molecule has 1 aromatic carbocycles. The zero-order valence-electron chi connectivity index (χ0n) is 11.6. The summed E-state index contributed by atoms with van der Waals surface area (Å²) in [6.45, 7) is 6.26. The maximum absolute atomic E-state index is 10.8. The maximum Gasteiger partial charge on any atom is 0.404 e. The molecule has 5 nitrogen and oxygen atoms in total. The third kappa shape index (κ3) is 1.74. The van der Waals surface area contributed by atoms with Crippen LogP contribution in [0.4, 0.5) is 4.79 Å². The largest absolute Gasteiger partial charge is 0.465 e. The molecular formula is C15H15N3O2. The summed E-state index contributed by atoms with van der Waals surface area (Å²) >= 11 is 0. The summed E-state index contributed by atoms with van der Waals surface area (Å²) < 4.78 is 0. The lowest BCUT2D eigenvalue weighted by molar-refractivity contribution is 0.194. The summed E-state index contributed by atoms with van der Waals surface area (Å²) in [7, 11) is 0. The van der Waals surface area contributed by atoms with Crippen molar-refractivity contribution in [3.05, 3.63) is 45.1 Å². The molecule has 20 heavy (non-hydrogen) atoms. The van der Waals surface area contributed by atoms with Gasteiger partial charge in [-0.1, -0.05) is 6.07 Å².